The largest absolute Gasteiger partial charge is 0.487 e. The van der Waals surface area contributed by atoms with E-state index in [-0.39, 0.29) is 6.61 Å². The number of aliphatic hydroxyl groups excluding tert-OH is 1. The lowest BCUT2D eigenvalue weighted by atomic mass is 10.2. The van der Waals surface area contributed by atoms with Crippen LogP contribution in [0.3, 0.4) is 0 Å². The summed E-state index contributed by atoms with van der Waals surface area (Å²) in [6, 6.07) is 6.18. The number of hydrogen-bond acceptors (Lipinski definition) is 3. The molecule has 0 saturated carbocycles. The first-order valence-corrected chi connectivity index (χ1v) is 6.17. The molecule has 0 aliphatic rings. The summed E-state index contributed by atoms with van der Waals surface area (Å²) >= 11 is 0. The molecule has 0 saturated heterocycles. The predicted molar refractivity (Wildman–Crippen MR) is 69.2 cm³/mol. The highest BCUT2D eigenvalue weighted by molar-refractivity contribution is 5.29. The van der Waals surface area contributed by atoms with E-state index in [9.17, 15) is 4.39 Å². The molecule has 102 valence electrons. The van der Waals surface area contributed by atoms with E-state index in [4.69, 9.17) is 9.84 Å². The number of ether oxygens (including phenoxy) is 1. The Morgan fingerprint density at radius 2 is 2.11 bits per heavy atom. The van der Waals surface area contributed by atoms with Gasteiger partial charge in [0, 0.05) is 13.1 Å². The number of halogens is 1. The van der Waals surface area contributed by atoms with E-state index in [2.05, 4.69) is 5.10 Å². The van der Waals surface area contributed by atoms with Gasteiger partial charge in [-0.2, -0.15) is 5.10 Å². The standard InChI is InChI=1S/C14H17FN2O2/c1-3-12-7-13(17(2)16-12)9-19-14-5-10(8-18)4-11(15)6-14/h4-7,18H,3,8-9H2,1-2H3. The zero-order chi connectivity index (χ0) is 13.8. The Morgan fingerprint density at radius 3 is 2.74 bits per heavy atom. The van der Waals surface area contributed by atoms with Gasteiger partial charge in [-0.25, -0.2) is 4.39 Å². The molecule has 0 bridgehead atoms. The molecule has 0 atom stereocenters. The van der Waals surface area contributed by atoms with E-state index >= 15 is 0 Å². The van der Waals surface area contributed by atoms with Gasteiger partial charge in [-0.1, -0.05) is 6.92 Å². The highest BCUT2D eigenvalue weighted by Crippen LogP contribution is 2.18. The van der Waals surface area contributed by atoms with E-state index in [0.717, 1.165) is 17.8 Å². The Hall–Kier alpha value is -1.88. The first-order chi connectivity index (χ1) is 9.12. The smallest absolute Gasteiger partial charge is 0.130 e. The van der Waals surface area contributed by atoms with Gasteiger partial charge in [0.1, 0.15) is 18.2 Å². The first-order valence-electron chi connectivity index (χ1n) is 6.17. The molecule has 2 rings (SSSR count). The molecule has 1 heterocycles. The zero-order valence-corrected chi connectivity index (χ0v) is 11.1. The average molecular weight is 264 g/mol. The van der Waals surface area contributed by atoms with E-state index in [1.54, 1.807) is 10.7 Å². The summed E-state index contributed by atoms with van der Waals surface area (Å²) in [5, 5.41) is 13.3. The molecule has 1 aromatic carbocycles. The SMILES string of the molecule is CCc1cc(COc2cc(F)cc(CO)c2)n(C)n1. The number of aliphatic hydroxyl groups is 1. The van der Waals surface area contributed by atoms with Gasteiger partial charge in [-0.15, -0.1) is 0 Å². The van der Waals surface area contributed by atoms with Crippen molar-refractivity contribution in [3.8, 4) is 5.75 Å². The molecular formula is C14H17FN2O2. The molecule has 1 aromatic heterocycles. The maximum absolute atomic E-state index is 13.3. The summed E-state index contributed by atoms with van der Waals surface area (Å²) in [5.41, 5.74) is 2.41. The number of nitrogens with zero attached hydrogens (tertiary/aromatic N) is 2. The molecule has 0 fully saturated rings. The van der Waals surface area contributed by atoms with Crippen LogP contribution < -0.4 is 4.74 Å². The van der Waals surface area contributed by atoms with Crippen LogP contribution in [-0.2, 0) is 26.7 Å². The highest BCUT2D eigenvalue weighted by Gasteiger charge is 2.06. The van der Waals surface area contributed by atoms with E-state index < -0.39 is 5.82 Å². The van der Waals surface area contributed by atoms with Crippen molar-refractivity contribution >= 4 is 0 Å². The third-order valence-corrected chi connectivity index (χ3v) is 2.89. The van der Waals surface area contributed by atoms with Gasteiger partial charge in [-0.3, -0.25) is 4.68 Å². The van der Waals surface area contributed by atoms with Gasteiger partial charge in [-0.05, 0) is 30.2 Å². The number of aryl methyl sites for hydroxylation is 2. The van der Waals surface area contributed by atoms with E-state index in [0.29, 0.717) is 17.9 Å². The van der Waals surface area contributed by atoms with Crippen molar-refractivity contribution in [1.29, 1.82) is 0 Å². The minimum Gasteiger partial charge on any atom is -0.487 e. The molecule has 5 heteroatoms. The quantitative estimate of drug-likeness (QED) is 0.900. The second kappa shape index (κ2) is 5.84. The number of benzene rings is 1. The van der Waals surface area contributed by atoms with Gasteiger partial charge in [0.25, 0.3) is 0 Å². The minimum atomic E-state index is -0.416. The monoisotopic (exact) mass is 264 g/mol. The highest BCUT2D eigenvalue weighted by atomic mass is 19.1. The van der Waals surface area contributed by atoms with Crippen molar-refractivity contribution in [1.82, 2.24) is 9.78 Å². The number of hydrogen-bond donors (Lipinski definition) is 1. The fourth-order valence-electron chi connectivity index (χ4n) is 1.83. The van der Waals surface area contributed by atoms with Crippen LogP contribution in [0.25, 0.3) is 0 Å². The lowest BCUT2D eigenvalue weighted by Gasteiger charge is -2.08. The summed E-state index contributed by atoms with van der Waals surface area (Å²) in [7, 11) is 1.85. The third kappa shape index (κ3) is 3.32. The van der Waals surface area contributed by atoms with Crippen LogP contribution >= 0.6 is 0 Å². The summed E-state index contributed by atoms with van der Waals surface area (Å²) in [5.74, 6) is -0.0101. The Kier molecular flexibility index (Phi) is 4.16. The lowest BCUT2D eigenvalue weighted by molar-refractivity contribution is 0.274. The van der Waals surface area contributed by atoms with Gasteiger partial charge < -0.3 is 9.84 Å². The van der Waals surface area contributed by atoms with Crippen LogP contribution in [0, 0.1) is 5.82 Å². The normalized spacial score (nSPS) is 10.7. The fourth-order valence-corrected chi connectivity index (χ4v) is 1.83. The third-order valence-electron chi connectivity index (χ3n) is 2.89. The Labute approximate surface area is 111 Å². The molecule has 0 spiro atoms. The summed E-state index contributed by atoms with van der Waals surface area (Å²) in [4.78, 5) is 0. The van der Waals surface area contributed by atoms with Gasteiger partial charge in [0.2, 0.25) is 0 Å². The van der Waals surface area contributed by atoms with Crippen molar-refractivity contribution in [2.45, 2.75) is 26.6 Å². The Balaban J connectivity index is 2.09. The maximum atomic E-state index is 13.3. The summed E-state index contributed by atoms with van der Waals surface area (Å²) < 4.78 is 20.6. The lowest BCUT2D eigenvalue weighted by Crippen LogP contribution is -2.03. The number of aromatic nitrogens is 2. The van der Waals surface area contributed by atoms with Crippen molar-refractivity contribution in [3.63, 3.8) is 0 Å². The molecule has 1 N–H and O–H groups in total. The van der Waals surface area contributed by atoms with Crippen molar-refractivity contribution < 1.29 is 14.2 Å². The predicted octanol–water partition coefficient (Wildman–Crippen LogP) is 2.19. The Morgan fingerprint density at radius 1 is 1.32 bits per heavy atom. The van der Waals surface area contributed by atoms with E-state index in [1.807, 2.05) is 20.0 Å². The summed E-state index contributed by atoms with van der Waals surface area (Å²) in [6.45, 7) is 2.14. The van der Waals surface area contributed by atoms with Crippen molar-refractivity contribution in [2.24, 2.45) is 7.05 Å². The van der Waals surface area contributed by atoms with Gasteiger partial charge >= 0.3 is 0 Å². The second-order valence-electron chi connectivity index (χ2n) is 4.35. The maximum Gasteiger partial charge on any atom is 0.130 e. The van der Waals surface area contributed by atoms with Crippen LogP contribution in [0.2, 0.25) is 0 Å². The fraction of sp³-hybridized carbons (Fsp3) is 0.357. The molecule has 4 nitrogen and oxygen atoms in total. The summed E-state index contributed by atoms with van der Waals surface area (Å²) in [6.07, 6.45) is 0.864. The zero-order valence-electron chi connectivity index (χ0n) is 11.1. The van der Waals surface area contributed by atoms with Gasteiger partial charge in [0.15, 0.2) is 0 Å². The molecule has 0 aliphatic carbocycles. The van der Waals surface area contributed by atoms with Gasteiger partial charge in [0.05, 0.1) is 18.0 Å². The van der Waals surface area contributed by atoms with Crippen LogP contribution in [-0.4, -0.2) is 14.9 Å². The Bertz CT molecular complexity index is 567. The number of rotatable bonds is 5. The van der Waals surface area contributed by atoms with Crippen molar-refractivity contribution in [2.75, 3.05) is 0 Å². The molecule has 2 aromatic rings. The molecule has 0 unspecified atom stereocenters. The van der Waals surface area contributed by atoms with Crippen LogP contribution in [0.15, 0.2) is 24.3 Å². The van der Waals surface area contributed by atoms with Crippen LogP contribution in [0.4, 0.5) is 4.39 Å². The molecule has 0 amide bonds. The second-order valence-corrected chi connectivity index (χ2v) is 4.35. The topological polar surface area (TPSA) is 47.3 Å². The first kappa shape index (κ1) is 13.5. The van der Waals surface area contributed by atoms with Crippen LogP contribution in [0.5, 0.6) is 5.75 Å². The average Bonchev–Trinajstić information content (AvgIpc) is 2.76. The molecule has 0 aliphatic heterocycles. The van der Waals surface area contributed by atoms with Crippen molar-refractivity contribution in [3.05, 3.63) is 47.0 Å². The molecular weight excluding hydrogens is 247 g/mol. The van der Waals surface area contributed by atoms with Crippen LogP contribution in [0.1, 0.15) is 23.9 Å². The molecule has 19 heavy (non-hydrogen) atoms. The minimum absolute atomic E-state index is 0.209. The molecule has 0 radical (unpaired) electrons. The van der Waals surface area contributed by atoms with E-state index in [1.165, 1.54) is 12.1 Å².